The predicted octanol–water partition coefficient (Wildman–Crippen LogP) is 5.61. The van der Waals surface area contributed by atoms with E-state index in [4.69, 9.17) is 4.74 Å². The summed E-state index contributed by atoms with van der Waals surface area (Å²) in [6.45, 7) is 9.23. The fourth-order valence-electron chi connectivity index (χ4n) is 4.01. The highest BCUT2D eigenvalue weighted by Crippen LogP contribution is 2.35. The number of aromatic hydroxyl groups is 1. The standard InChI is InChI=1S/C26H33N3O4/c1-6-7-8-9-10-26(4,5)33-25(32)16-29-15-22(17(2)30)21-11-20(24(31)12-23(21)29)19-13-27-18(3)28-14-19/h11-15,31H,6-10,16H2,1-5H3. The third kappa shape index (κ3) is 5.97. The molecule has 7 heteroatoms. The molecule has 0 unspecified atom stereocenters. The van der Waals surface area contributed by atoms with Gasteiger partial charge in [0.2, 0.25) is 0 Å². The van der Waals surface area contributed by atoms with Crippen molar-refractivity contribution in [3.05, 3.63) is 42.1 Å². The van der Waals surface area contributed by atoms with Gasteiger partial charge in [-0.25, -0.2) is 9.97 Å². The van der Waals surface area contributed by atoms with Gasteiger partial charge in [0.25, 0.3) is 0 Å². The molecule has 0 amide bonds. The number of ketones is 1. The van der Waals surface area contributed by atoms with Crippen molar-refractivity contribution in [1.29, 1.82) is 0 Å². The molecule has 0 saturated carbocycles. The zero-order valence-corrected chi connectivity index (χ0v) is 20.1. The van der Waals surface area contributed by atoms with Gasteiger partial charge in [0, 0.05) is 46.7 Å². The molecule has 0 fully saturated rings. The molecule has 2 heterocycles. The van der Waals surface area contributed by atoms with E-state index in [9.17, 15) is 14.7 Å². The molecule has 0 atom stereocenters. The van der Waals surface area contributed by atoms with Gasteiger partial charge in [-0.3, -0.25) is 9.59 Å². The maximum atomic E-state index is 12.7. The van der Waals surface area contributed by atoms with Gasteiger partial charge in [-0.15, -0.1) is 0 Å². The Hall–Kier alpha value is -3.22. The average molecular weight is 452 g/mol. The molecule has 0 aliphatic heterocycles. The van der Waals surface area contributed by atoms with Crippen molar-refractivity contribution < 1.29 is 19.4 Å². The zero-order chi connectivity index (χ0) is 24.2. The van der Waals surface area contributed by atoms with Crippen molar-refractivity contribution >= 4 is 22.7 Å². The Morgan fingerprint density at radius 1 is 1.12 bits per heavy atom. The number of carbonyl (C=O) groups is 2. The summed E-state index contributed by atoms with van der Waals surface area (Å²) < 4.78 is 7.41. The third-order valence-corrected chi connectivity index (χ3v) is 5.79. The number of phenols is 1. The average Bonchev–Trinajstić information content (AvgIpc) is 3.08. The first-order valence-electron chi connectivity index (χ1n) is 11.5. The van der Waals surface area contributed by atoms with Gasteiger partial charge < -0.3 is 14.4 Å². The van der Waals surface area contributed by atoms with E-state index in [1.165, 1.54) is 13.3 Å². The van der Waals surface area contributed by atoms with E-state index in [2.05, 4.69) is 16.9 Å². The summed E-state index contributed by atoms with van der Waals surface area (Å²) in [6, 6.07) is 3.31. The van der Waals surface area contributed by atoms with Crippen LogP contribution in [0.3, 0.4) is 0 Å². The van der Waals surface area contributed by atoms with Gasteiger partial charge in [0.05, 0.1) is 5.52 Å². The van der Waals surface area contributed by atoms with Crippen LogP contribution in [0.1, 0.15) is 76.0 Å². The van der Waals surface area contributed by atoms with Crippen LogP contribution < -0.4 is 0 Å². The van der Waals surface area contributed by atoms with Crippen LogP contribution in [0.25, 0.3) is 22.0 Å². The molecule has 7 nitrogen and oxygen atoms in total. The SMILES string of the molecule is CCCCCCC(C)(C)OC(=O)Cn1cc(C(C)=O)c2cc(-c3cnc(C)nc3)c(O)cc21. The Labute approximate surface area is 194 Å². The van der Waals surface area contributed by atoms with Crippen molar-refractivity contribution in [3.8, 4) is 16.9 Å². The minimum absolute atomic E-state index is 0.0222. The molecular weight excluding hydrogens is 418 g/mol. The minimum Gasteiger partial charge on any atom is -0.507 e. The summed E-state index contributed by atoms with van der Waals surface area (Å²) in [5.41, 5.74) is 1.68. The molecule has 0 bridgehead atoms. The monoisotopic (exact) mass is 451 g/mol. The van der Waals surface area contributed by atoms with Crippen LogP contribution in [-0.4, -0.2) is 37.0 Å². The number of esters is 1. The first-order chi connectivity index (χ1) is 15.6. The number of aromatic nitrogens is 3. The van der Waals surface area contributed by atoms with Crippen LogP contribution in [-0.2, 0) is 16.1 Å². The second-order valence-corrected chi connectivity index (χ2v) is 9.18. The number of Topliss-reactive ketones (excluding diaryl/α,β-unsaturated/α-hetero) is 1. The van der Waals surface area contributed by atoms with Crippen molar-refractivity contribution in [1.82, 2.24) is 14.5 Å². The van der Waals surface area contributed by atoms with E-state index in [1.807, 2.05) is 13.8 Å². The molecular formula is C26H33N3O4. The van der Waals surface area contributed by atoms with Gasteiger partial charge in [-0.05, 0) is 46.6 Å². The van der Waals surface area contributed by atoms with Crippen molar-refractivity contribution in [2.24, 2.45) is 0 Å². The van der Waals surface area contributed by atoms with Gasteiger partial charge in [-0.1, -0.05) is 26.2 Å². The van der Waals surface area contributed by atoms with Crippen LogP contribution in [0.2, 0.25) is 0 Å². The van der Waals surface area contributed by atoms with Crippen LogP contribution in [0, 0.1) is 6.92 Å². The van der Waals surface area contributed by atoms with Crippen molar-refractivity contribution in [2.45, 2.75) is 78.9 Å². The van der Waals surface area contributed by atoms with E-state index in [0.717, 1.165) is 25.7 Å². The Kier molecular flexibility index (Phi) is 7.51. The van der Waals surface area contributed by atoms with Crippen LogP contribution in [0.5, 0.6) is 5.75 Å². The highest BCUT2D eigenvalue weighted by molar-refractivity contribution is 6.08. The van der Waals surface area contributed by atoms with Crippen LogP contribution >= 0.6 is 0 Å². The molecule has 1 aromatic carbocycles. The Morgan fingerprint density at radius 3 is 2.45 bits per heavy atom. The maximum Gasteiger partial charge on any atom is 0.326 e. The lowest BCUT2D eigenvalue weighted by Crippen LogP contribution is -2.29. The molecule has 0 spiro atoms. The number of rotatable bonds is 10. The van der Waals surface area contributed by atoms with Gasteiger partial charge in [-0.2, -0.15) is 0 Å². The summed E-state index contributed by atoms with van der Waals surface area (Å²) in [7, 11) is 0. The van der Waals surface area contributed by atoms with E-state index in [-0.39, 0.29) is 24.0 Å². The number of benzene rings is 1. The summed E-state index contributed by atoms with van der Waals surface area (Å²) in [5, 5.41) is 11.4. The van der Waals surface area contributed by atoms with Crippen molar-refractivity contribution in [3.63, 3.8) is 0 Å². The van der Waals surface area contributed by atoms with Gasteiger partial charge in [0.1, 0.15) is 23.7 Å². The Balaban J connectivity index is 1.87. The van der Waals surface area contributed by atoms with E-state index < -0.39 is 5.60 Å². The minimum atomic E-state index is -0.558. The molecule has 176 valence electrons. The smallest absolute Gasteiger partial charge is 0.326 e. The number of unbranched alkanes of at least 4 members (excludes halogenated alkanes) is 3. The van der Waals surface area contributed by atoms with E-state index in [1.54, 1.807) is 42.2 Å². The highest BCUT2D eigenvalue weighted by atomic mass is 16.6. The largest absolute Gasteiger partial charge is 0.507 e. The molecule has 1 N–H and O–H groups in total. The summed E-state index contributed by atoms with van der Waals surface area (Å²) in [5.74, 6) is 0.147. The molecule has 3 rings (SSSR count). The van der Waals surface area contributed by atoms with E-state index in [0.29, 0.717) is 33.4 Å². The first kappa shape index (κ1) is 24.4. The lowest BCUT2D eigenvalue weighted by Gasteiger charge is -2.25. The second-order valence-electron chi connectivity index (χ2n) is 9.18. The van der Waals surface area contributed by atoms with Gasteiger partial charge >= 0.3 is 5.97 Å². The molecule has 0 aliphatic carbocycles. The number of hydrogen-bond donors (Lipinski definition) is 1. The Bertz CT molecular complexity index is 1150. The molecule has 3 aromatic rings. The highest BCUT2D eigenvalue weighted by Gasteiger charge is 2.24. The number of carbonyl (C=O) groups excluding carboxylic acids is 2. The summed E-state index contributed by atoms with van der Waals surface area (Å²) in [4.78, 5) is 33.4. The van der Waals surface area contributed by atoms with Crippen LogP contribution in [0.15, 0.2) is 30.7 Å². The first-order valence-corrected chi connectivity index (χ1v) is 11.5. The molecule has 33 heavy (non-hydrogen) atoms. The topological polar surface area (TPSA) is 94.3 Å². The number of ether oxygens (including phenoxy) is 1. The number of phenolic OH excluding ortho intramolecular Hbond substituents is 1. The lowest BCUT2D eigenvalue weighted by molar-refractivity contribution is -0.157. The second kappa shape index (κ2) is 10.1. The molecule has 0 saturated heterocycles. The maximum absolute atomic E-state index is 12.7. The lowest BCUT2D eigenvalue weighted by atomic mass is 10.00. The van der Waals surface area contributed by atoms with Gasteiger partial charge in [0.15, 0.2) is 5.78 Å². The summed E-state index contributed by atoms with van der Waals surface area (Å²) >= 11 is 0. The quantitative estimate of drug-likeness (QED) is 0.245. The van der Waals surface area contributed by atoms with Crippen LogP contribution in [0.4, 0.5) is 0 Å². The number of aryl methyl sites for hydroxylation is 1. The fourth-order valence-corrected chi connectivity index (χ4v) is 4.01. The number of hydrogen-bond acceptors (Lipinski definition) is 6. The normalized spacial score (nSPS) is 11.7. The van der Waals surface area contributed by atoms with Crippen molar-refractivity contribution in [2.75, 3.05) is 0 Å². The number of fused-ring (bicyclic) bond motifs is 1. The Morgan fingerprint density at radius 2 is 1.82 bits per heavy atom. The predicted molar refractivity (Wildman–Crippen MR) is 128 cm³/mol. The molecule has 2 aromatic heterocycles. The van der Waals surface area contributed by atoms with E-state index >= 15 is 0 Å². The number of nitrogens with zero attached hydrogens (tertiary/aromatic N) is 3. The molecule has 0 aliphatic rings. The zero-order valence-electron chi connectivity index (χ0n) is 20.1. The molecule has 0 radical (unpaired) electrons. The summed E-state index contributed by atoms with van der Waals surface area (Å²) in [6.07, 6.45) is 10.2. The fraction of sp³-hybridized carbons (Fsp3) is 0.462. The third-order valence-electron chi connectivity index (χ3n) is 5.79.